The van der Waals surface area contributed by atoms with Crippen LogP contribution in [-0.4, -0.2) is 23.2 Å². The first-order valence-electron chi connectivity index (χ1n) is 5.93. The van der Waals surface area contributed by atoms with Crippen LogP contribution in [0.3, 0.4) is 0 Å². The van der Waals surface area contributed by atoms with Gasteiger partial charge < -0.3 is 0 Å². The molecule has 0 saturated heterocycles. The maximum Gasteiger partial charge on any atom is 0.296 e. The molecule has 0 fully saturated rings. The van der Waals surface area contributed by atoms with Crippen LogP contribution in [0.4, 0.5) is 0 Å². The molecule has 108 valence electrons. The van der Waals surface area contributed by atoms with E-state index in [1.54, 1.807) is 24.3 Å². The molecule has 0 N–H and O–H groups in total. The zero-order valence-electron chi connectivity index (χ0n) is 10.9. The predicted octanol–water partition coefficient (Wildman–Crippen LogP) is 3.18. The fraction of sp³-hybridized carbons (Fsp3) is 0.333. The van der Waals surface area contributed by atoms with Crippen molar-refractivity contribution < 1.29 is 8.42 Å². The molecule has 0 saturated carbocycles. The molecule has 20 heavy (non-hydrogen) atoms. The van der Waals surface area contributed by atoms with Crippen molar-refractivity contribution in [2.45, 2.75) is 25.5 Å². The summed E-state index contributed by atoms with van der Waals surface area (Å²) in [4.78, 5) is 0. The first kappa shape index (κ1) is 15.3. The van der Waals surface area contributed by atoms with Crippen molar-refractivity contribution in [3.8, 4) is 11.4 Å². The Morgan fingerprint density at radius 3 is 2.45 bits per heavy atom. The molecule has 2 aromatic rings. The summed E-state index contributed by atoms with van der Waals surface area (Å²) in [7, 11) is 1.44. The van der Waals surface area contributed by atoms with Crippen molar-refractivity contribution >= 4 is 31.3 Å². The lowest BCUT2D eigenvalue weighted by molar-refractivity contribution is 0.488. The van der Waals surface area contributed by atoms with E-state index in [1.165, 1.54) is 4.57 Å². The van der Waals surface area contributed by atoms with E-state index in [0.29, 0.717) is 23.0 Å². The Hall–Kier alpha value is -1.11. The second kappa shape index (κ2) is 5.71. The third-order valence-electron chi connectivity index (χ3n) is 2.60. The minimum Gasteiger partial charge on any atom is -0.297 e. The lowest BCUT2D eigenvalue weighted by Crippen LogP contribution is -2.12. The van der Waals surface area contributed by atoms with E-state index >= 15 is 0 Å². The van der Waals surface area contributed by atoms with Crippen LogP contribution in [0.1, 0.15) is 13.8 Å². The predicted molar refractivity (Wildman–Crippen MR) is 78.3 cm³/mol. The maximum atomic E-state index is 11.6. The Kier molecular flexibility index (Phi) is 4.36. The molecular weight excluding hydrogens is 321 g/mol. The van der Waals surface area contributed by atoms with Crippen LogP contribution in [0.25, 0.3) is 11.4 Å². The zero-order valence-corrected chi connectivity index (χ0v) is 13.2. The van der Waals surface area contributed by atoms with Crippen molar-refractivity contribution in [1.82, 2.24) is 14.8 Å². The number of benzene rings is 1. The van der Waals surface area contributed by atoms with Crippen molar-refractivity contribution in [3.63, 3.8) is 0 Å². The second-order valence-corrected chi connectivity index (χ2v) is 7.60. The van der Waals surface area contributed by atoms with E-state index in [2.05, 4.69) is 10.2 Å². The Labute approximate surface area is 127 Å². The minimum atomic E-state index is -3.96. The van der Waals surface area contributed by atoms with Crippen LogP contribution in [0.2, 0.25) is 5.02 Å². The van der Waals surface area contributed by atoms with Crippen LogP contribution >= 0.6 is 22.3 Å². The molecule has 0 spiro atoms. The molecule has 1 aromatic heterocycles. The molecule has 0 aliphatic heterocycles. The van der Waals surface area contributed by atoms with Gasteiger partial charge in [-0.2, -0.15) is 0 Å². The summed E-state index contributed by atoms with van der Waals surface area (Å²) in [6.07, 6.45) is 0. The van der Waals surface area contributed by atoms with Crippen LogP contribution in [0, 0.1) is 5.92 Å². The monoisotopic (exact) mass is 333 g/mol. The average molecular weight is 334 g/mol. The van der Waals surface area contributed by atoms with Crippen LogP contribution in [0.15, 0.2) is 29.4 Å². The summed E-state index contributed by atoms with van der Waals surface area (Å²) in [5.41, 5.74) is 0.619. The summed E-state index contributed by atoms with van der Waals surface area (Å²) in [6.45, 7) is 4.34. The van der Waals surface area contributed by atoms with E-state index in [0.717, 1.165) is 0 Å². The van der Waals surface area contributed by atoms with Gasteiger partial charge in [-0.1, -0.05) is 37.6 Å². The fourth-order valence-electron chi connectivity index (χ4n) is 1.84. The molecule has 0 amide bonds. The molecule has 0 aliphatic carbocycles. The van der Waals surface area contributed by atoms with Gasteiger partial charge in [0.25, 0.3) is 14.2 Å². The smallest absolute Gasteiger partial charge is 0.296 e. The van der Waals surface area contributed by atoms with E-state index in [4.69, 9.17) is 22.3 Å². The highest BCUT2D eigenvalue weighted by Gasteiger charge is 2.24. The molecule has 1 heterocycles. The molecular formula is C12H13Cl2N3O2S. The fourth-order valence-corrected chi connectivity index (χ4v) is 2.97. The highest BCUT2D eigenvalue weighted by atomic mass is 35.7. The van der Waals surface area contributed by atoms with Gasteiger partial charge in [-0.15, -0.1) is 10.2 Å². The molecule has 2 rings (SSSR count). The Balaban J connectivity index is 2.66. The van der Waals surface area contributed by atoms with Crippen molar-refractivity contribution in [3.05, 3.63) is 29.3 Å². The largest absolute Gasteiger partial charge is 0.297 e. The second-order valence-electron chi connectivity index (χ2n) is 4.73. The molecule has 0 radical (unpaired) electrons. The molecule has 5 nitrogen and oxygen atoms in total. The summed E-state index contributed by atoms with van der Waals surface area (Å²) in [5, 5.41) is 7.84. The first-order valence-corrected chi connectivity index (χ1v) is 8.62. The molecule has 0 bridgehead atoms. The lowest BCUT2D eigenvalue weighted by atomic mass is 10.2. The van der Waals surface area contributed by atoms with Gasteiger partial charge in [0.1, 0.15) is 0 Å². The third-order valence-corrected chi connectivity index (χ3v) is 4.08. The normalized spacial score (nSPS) is 12.1. The Morgan fingerprint density at radius 1 is 1.25 bits per heavy atom. The summed E-state index contributed by atoms with van der Waals surface area (Å²) in [5.74, 6) is 0.591. The van der Waals surface area contributed by atoms with Crippen molar-refractivity contribution in [2.75, 3.05) is 0 Å². The summed E-state index contributed by atoms with van der Waals surface area (Å²) >= 11 is 6.13. The maximum absolute atomic E-state index is 11.6. The SMILES string of the molecule is CC(C)Cn1c(-c2ccccc2Cl)nnc1S(=O)(=O)Cl. The number of aromatic nitrogens is 3. The number of hydrogen-bond donors (Lipinski definition) is 0. The van der Waals surface area contributed by atoms with E-state index in [1.807, 2.05) is 13.8 Å². The minimum absolute atomic E-state index is 0.199. The topological polar surface area (TPSA) is 64.8 Å². The number of halogens is 2. The molecule has 0 atom stereocenters. The van der Waals surface area contributed by atoms with Crippen LogP contribution in [0.5, 0.6) is 0 Å². The van der Waals surface area contributed by atoms with Gasteiger partial charge in [-0.25, -0.2) is 8.42 Å². The third kappa shape index (κ3) is 3.13. The lowest BCUT2D eigenvalue weighted by Gasteiger charge is -2.12. The standard InChI is InChI=1S/C12H13Cl2N3O2S/c1-8(2)7-17-11(9-5-3-4-6-10(9)13)15-16-12(17)20(14,18)19/h3-6,8H,7H2,1-2H3. The molecule has 0 aliphatic rings. The Bertz CT molecular complexity index is 726. The molecule has 1 aromatic carbocycles. The van der Waals surface area contributed by atoms with Crippen molar-refractivity contribution in [1.29, 1.82) is 0 Å². The summed E-state index contributed by atoms with van der Waals surface area (Å²) in [6, 6.07) is 7.05. The van der Waals surface area contributed by atoms with Crippen LogP contribution in [-0.2, 0) is 15.6 Å². The Morgan fingerprint density at radius 2 is 1.90 bits per heavy atom. The van der Waals surface area contributed by atoms with Gasteiger partial charge in [0.05, 0.1) is 5.02 Å². The highest BCUT2D eigenvalue weighted by molar-refractivity contribution is 8.13. The van der Waals surface area contributed by atoms with Crippen molar-refractivity contribution in [2.24, 2.45) is 5.92 Å². The highest BCUT2D eigenvalue weighted by Crippen LogP contribution is 2.29. The molecule has 0 unspecified atom stereocenters. The summed E-state index contributed by atoms with van der Waals surface area (Å²) < 4.78 is 24.6. The van der Waals surface area contributed by atoms with E-state index < -0.39 is 9.05 Å². The van der Waals surface area contributed by atoms with Gasteiger partial charge in [0.2, 0.25) is 0 Å². The number of nitrogens with zero attached hydrogens (tertiary/aromatic N) is 3. The van der Waals surface area contributed by atoms with Gasteiger partial charge in [0, 0.05) is 22.8 Å². The van der Waals surface area contributed by atoms with E-state index in [-0.39, 0.29) is 11.1 Å². The average Bonchev–Trinajstić information content (AvgIpc) is 2.72. The van der Waals surface area contributed by atoms with Gasteiger partial charge in [0.15, 0.2) is 5.82 Å². The van der Waals surface area contributed by atoms with Gasteiger partial charge >= 0.3 is 0 Å². The van der Waals surface area contributed by atoms with Crippen LogP contribution < -0.4 is 0 Å². The van der Waals surface area contributed by atoms with Gasteiger partial charge in [-0.05, 0) is 18.1 Å². The molecule has 8 heteroatoms. The van der Waals surface area contributed by atoms with Gasteiger partial charge in [-0.3, -0.25) is 4.57 Å². The zero-order chi connectivity index (χ0) is 14.9. The quantitative estimate of drug-likeness (QED) is 0.806. The number of hydrogen-bond acceptors (Lipinski definition) is 4. The first-order chi connectivity index (χ1) is 9.30. The van der Waals surface area contributed by atoms with E-state index in [9.17, 15) is 8.42 Å². The number of rotatable bonds is 4.